The molecule has 0 saturated heterocycles. The second kappa shape index (κ2) is 7.75. The van der Waals surface area contributed by atoms with Crippen molar-refractivity contribution in [1.29, 1.82) is 0 Å². The van der Waals surface area contributed by atoms with Gasteiger partial charge in [0.2, 0.25) is 0 Å². The maximum Gasteiger partial charge on any atom is 0.573 e. The van der Waals surface area contributed by atoms with Crippen LogP contribution in [-0.4, -0.2) is 30.3 Å². The van der Waals surface area contributed by atoms with Crippen LogP contribution in [0.15, 0.2) is 42.5 Å². The Morgan fingerprint density at radius 2 is 1.82 bits per heavy atom. The highest BCUT2D eigenvalue weighted by Gasteiger charge is 2.32. The number of nitro benzene ring substituents is 1. The Kier molecular flexibility index (Phi) is 5.39. The van der Waals surface area contributed by atoms with Gasteiger partial charge in [-0.1, -0.05) is 0 Å². The molecule has 2 aromatic carbocycles. The minimum atomic E-state index is -4.78. The fourth-order valence-electron chi connectivity index (χ4n) is 2.92. The van der Waals surface area contributed by atoms with Crippen molar-refractivity contribution in [3.05, 3.63) is 58.1 Å². The van der Waals surface area contributed by atoms with Gasteiger partial charge in [-0.05, 0) is 48.7 Å². The average molecular weight is 396 g/mol. The van der Waals surface area contributed by atoms with Crippen LogP contribution in [0.5, 0.6) is 11.5 Å². The van der Waals surface area contributed by atoms with Crippen molar-refractivity contribution in [2.75, 3.05) is 18.1 Å². The molecule has 28 heavy (non-hydrogen) atoms. The number of nitro groups is 1. The molecule has 0 spiro atoms. The quantitative estimate of drug-likeness (QED) is 0.566. The van der Waals surface area contributed by atoms with Gasteiger partial charge in [-0.2, -0.15) is 0 Å². The number of benzene rings is 2. The van der Waals surface area contributed by atoms with Gasteiger partial charge in [-0.25, -0.2) is 0 Å². The summed E-state index contributed by atoms with van der Waals surface area (Å²) in [6.45, 7) is 0.104. The lowest BCUT2D eigenvalue weighted by Gasteiger charge is -2.29. The van der Waals surface area contributed by atoms with Gasteiger partial charge in [0.05, 0.1) is 4.92 Å². The fraction of sp³-hybridized carbons (Fsp3) is 0.278. The van der Waals surface area contributed by atoms with Crippen LogP contribution in [0.3, 0.4) is 0 Å². The van der Waals surface area contributed by atoms with Crippen molar-refractivity contribution in [2.24, 2.45) is 0 Å². The second-order valence-corrected chi connectivity index (χ2v) is 6.03. The molecule has 0 aliphatic carbocycles. The summed E-state index contributed by atoms with van der Waals surface area (Å²) in [7, 11) is 0. The normalized spacial score (nSPS) is 13.6. The van der Waals surface area contributed by atoms with E-state index in [1.54, 1.807) is 0 Å². The number of non-ortho nitro benzene ring substituents is 1. The molecule has 2 aromatic rings. The zero-order valence-corrected chi connectivity index (χ0v) is 14.4. The minimum absolute atomic E-state index is 0.0967. The van der Waals surface area contributed by atoms with E-state index >= 15 is 0 Å². The maximum atomic E-state index is 12.5. The molecule has 0 saturated carbocycles. The second-order valence-electron chi connectivity index (χ2n) is 6.03. The standard InChI is InChI=1S/C18H15F3N2O5/c19-18(20,21)28-15-7-8-16-12(10-15)2-1-9-22(16)17(24)11-27-14-5-3-13(4-6-14)23(25)26/h3-8,10H,1-2,9,11H2. The monoisotopic (exact) mass is 396 g/mol. The summed E-state index contributed by atoms with van der Waals surface area (Å²) >= 11 is 0. The summed E-state index contributed by atoms with van der Waals surface area (Å²) in [6, 6.07) is 9.15. The first-order chi connectivity index (χ1) is 13.2. The first-order valence-corrected chi connectivity index (χ1v) is 8.29. The Bertz CT molecular complexity index is 884. The molecule has 0 aromatic heterocycles. The third-order valence-corrected chi connectivity index (χ3v) is 4.11. The molecule has 148 valence electrons. The number of hydrogen-bond donors (Lipinski definition) is 0. The lowest BCUT2D eigenvalue weighted by atomic mass is 10.0. The van der Waals surface area contributed by atoms with Crippen LogP contribution in [0.4, 0.5) is 24.5 Å². The van der Waals surface area contributed by atoms with Crippen molar-refractivity contribution in [2.45, 2.75) is 19.2 Å². The van der Waals surface area contributed by atoms with Gasteiger partial charge in [0.25, 0.3) is 11.6 Å². The van der Waals surface area contributed by atoms with Gasteiger partial charge in [-0.3, -0.25) is 14.9 Å². The van der Waals surface area contributed by atoms with Gasteiger partial charge < -0.3 is 14.4 Å². The van der Waals surface area contributed by atoms with Gasteiger partial charge in [-0.15, -0.1) is 13.2 Å². The summed E-state index contributed by atoms with van der Waals surface area (Å²) in [5.74, 6) is -0.406. The molecule has 1 aliphatic heterocycles. The summed E-state index contributed by atoms with van der Waals surface area (Å²) in [5, 5.41) is 10.6. The molecule has 10 heteroatoms. The topological polar surface area (TPSA) is 81.9 Å². The number of rotatable bonds is 5. The van der Waals surface area contributed by atoms with E-state index in [0.29, 0.717) is 36.4 Å². The van der Waals surface area contributed by atoms with Crippen LogP contribution in [0.25, 0.3) is 0 Å². The zero-order chi connectivity index (χ0) is 20.3. The Morgan fingerprint density at radius 1 is 1.14 bits per heavy atom. The van der Waals surface area contributed by atoms with Gasteiger partial charge in [0.15, 0.2) is 6.61 Å². The van der Waals surface area contributed by atoms with E-state index in [0.717, 1.165) is 6.07 Å². The highest BCUT2D eigenvalue weighted by molar-refractivity contribution is 5.95. The van der Waals surface area contributed by atoms with E-state index in [1.165, 1.54) is 41.3 Å². The molecule has 0 radical (unpaired) electrons. The Labute approximate surface area is 157 Å². The van der Waals surface area contributed by atoms with Crippen LogP contribution in [0.1, 0.15) is 12.0 Å². The average Bonchev–Trinajstić information content (AvgIpc) is 2.64. The van der Waals surface area contributed by atoms with Crippen LogP contribution < -0.4 is 14.4 Å². The molecule has 0 N–H and O–H groups in total. The first kappa shape index (κ1) is 19.5. The third-order valence-electron chi connectivity index (χ3n) is 4.11. The minimum Gasteiger partial charge on any atom is -0.484 e. The highest BCUT2D eigenvalue weighted by Crippen LogP contribution is 2.33. The Hall–Kier alpha value is -3.30. The SMILES string of the molecule is O=C(COc1ccc([N+](=O)[O-])cc1)N1CCCc2cc(OC(F)(F)F)ccc21. The van der Waals surface area contributed by atoms with Crippen molar-refractivity contribution >= 4 is 17.3 Å². The number of amides is 1. The molecule has 7 nitrogen and oxygen atoms in total. The fourth-order valence-corrected chi connectivity index (χ4v) is 2.92. The zero-order valence-electron chi connectivity index (χ0n) is 14.4. The number of ether oxygens (including phenoxy) is 2. The molecular formula is C18H15F3N2O5. The smallest absolute Gasteiger partial charge is 0.484 e. The van der Waals surface area contributed by atoms with Crippen LogP contribution in [-0.2, 0) is 11.2 Å². The van der Waals surface area contributed by atoms with Gasteiger partial charge in [0.1, 0.15) is 11.5 Å². The predicted octanol–water partition coefficient (Wildman–Crippen LogP) is 3.85. The van der Waals surface area contributed by atoms with Crippen molar-refractivity contribution in [3.8, 4) is 11.5 Å². The molecule has 0 bridgehead atoms. The number of nitrogens with zero attached hydrogens (tertiary/aromatic N) is 2. The lowest BCUT2D eigenvalue weighted by molar-refractivity contribution is -0.384. The number of halogens is 3. The van der Waals surface area contributed by atoms with E-state index in [-0.39, 0.29) is 24.0 Å². The molecule has 1 aliphatic rings. The van der Waals surface area contributed by atoms with Crippen LogP contribution in [0, 0.1) is 10.1 Å². The molecule has 0 atom stereocenters. The van der Waals surface area contributed by atoms with Gasteiger partial charge in [0, 0.05) is 24.4 Å². The van der Waals surface area contributed by atoms with E-state index in [2.05, 4.69) is 4.74 Å². The molecule has 3 rings (SSSR count). The maximum absolute atomic E-state index is 12.5. The first-order valence-electron chi connectivity index (χ1n) is 8.29. The molecular weight excluding hydrogens is 381 g/mol. The lowest BCUT2D eigenvalue weighted by Crippen LogP contribution is -2.38. The summed E-state index contributed by atoms with van der Waals surface area (Å²) in [4.78, 5) is 24.0. The van der Waals surface area contributed by atoms with Crippen molar-refractivity contribution in [3.63, 3.8) is 0 Å². The molecule has 1 amide bonds. The van der Waals surface area contributed by atoms with Crippen molar-refractivity contribution < 1.29 is 32.4 Å². The van der Waals surface area contributed by atoms with E-state index < -0.39 is 11.3 Å². The van der Waals surface area contributed by atoms with E-state index in [9.17, 15) is 28.1 Å². The summed E-state index contributed by atoms with van der Waals surface area (Å²) in [6.07, 6.45) is -3.67. The van der Waals surface area contributed by atoms with E-state index in [4.69, 9.17) is 4.74 Å². The number of fused-ring (bicyclic) bond motifs is 1. The van der Waals surface area contributed by atoms with E-state index in [1.807, 2.05) is 0 Å². The number of anilines is 1. The molecule has 1 heterocycles. The number of alkyl halides is 3. The summed E-state index contributed by atoms with van der Waals surface area (Å²) < 4.78 is 46.4. The predicted molar refractivity (Wildman–Crippen MR) is 92.4 cm³/mol. The van der Waals surface area contributed by atoms with Crippen LogP contribution in [0.2, 0.25) is 0 Å². The van der Waals surface area contributed by atoms with Crippen LogP contribution >= 0.6 is 0 Å². The Balaban J connectivity index is 1.67. The number of carbonyl (C=O) groups excluding carboxylic acids is 1. The van der Waals surface area contributed by atoms with Gasteiger partial charge >= 0.3 is 6.36 Å². The Morgan fingerprint density at radius 3 is 2.46 bits per heavy atom. The number of hydrogen-bond acceptors (Lipinski definition) is 5. The number of aryl methyl sites for hydroxylation is 1. The largest absolute Gasteiger partial charge is 0.573 e. The molecule has 0 fully saturated rings. The highest BCUT2D eigenvalue weighted by atomic mass is 19.4. The molecule has 0 unspecified atom stereocenters. The number of carbonyl (C=O) groups is 1. The third kappa shape index (κ3) is 4.70. The van der Waals surface area contributed by atoms with Crippen molar-refractivity contribution in [1.82, 2.24) is 0 Å². The summed E-state index contributed by atoms with van der Waals surface area (Å²) in [5.41, 5.74) is 0.996.